The molecule has 30 heavy (non-hydrogen) atoms. The number of nitrogens with one attached hydrogen (secondary N) is 1. The summed E-state index contributed by atoms with van der Waals surface area (Å²) in [6.45, 7) is 14.7. The molecule has 1 N–H and O–H groups in total. The summed E-state index contributed by atoms with van der Waals surface area (Å²) in [6.07, 6.45) is 28.3. The Balaban J connectivity index is 4.56. The van der Waals surface area contributed by atoms with E-state index in [4.69, 9.17) is 0 Å². The van der Waals surface area contributed by atoms with E-state index in [-0.39, 0.29) is 0 Å². The third-order valence-corrected chi connectivity index (χ3v) is 6.65. The lowest BCUT2D eigenvalue weighted by atomic mass is 10.1. The summed E-state index contributed by atoms with van der Waals surface area (Å²) in [5.41, 5.74) is 0. The van der Waals surface area contributed by atoms with Crippen LogP contribution < -0.4 is 5.01 Å². The smallest absolute Gasteiger partial charge is 0.0947 e. The van der Waals surface area contributed by atoms with Crippen LogP contribution in [0.5, 0.6) is 0 Å². The van der Waals surface area contributed by atoms with E-state index in [1.54, 1.807) is 0 Å². The molecule has 2 nitrogen and oxygen atoms in total. The largest absolute Gasteiger partial charge is 0.255 e. The standard InChI is InChI=1S/C28H60N2/c1-5-9-13-17-19-23-27-30(28-24-20-18-14-10-6-2)29(25-21-15-11-7-3)26-22-16-12-8-4/h5-28H2,1-4H3/p+1. The van der Waals surface area contributed by atoms with E-state index in [0.717, 1.165) is 0 Å². The van der Waals surface area contributed by atoms with Crippen LogP contribution in [0.4, 0.5) is 0 Å². The highest BCUT2D eigenvalue weighted by atomic mass is 15.6. The van der Waals surface area contributed by atoms with Gasteiger partial charge in [-0.05, 0) is 38.5 Å². The van der Waals surface area contributed by atoms with Gasteiger partial charge in [0, 0.05) is 13.1 Å². The lowest BCUT2D eigenvalue weighted by molar-refractivity contribution is -1.02. The number of quaternary nitrogens is 1. The van der Waals surface area contributed by atoms with Crippen molar-refractivity contribution in [2.24, 2.45) is 0 Å². The molecule has 0 saturated carbocycles. The number of nitrogens with zero attached hydrogens (tertiary/aromatic N) is 1. The van der Waals surface area contributed by atoms with E-state index in [0.29, 0.717) is 0 Å². The van der Waals surface area contributed by atoms with Gasteiger partial charge in [-0.15, -0.1) is 0 Å². The second-order valence-electron chi connectivity index (χ2n) is 9.71. The van der Waals surface area contributed by atoms with E-state index < -0.39 is 0 Å². The lowest BCUT2D eigenvalue weighted by Gasteiger charge is -2.32. The van der Waals surface area contributed by atoms with E-state index in [1.807, 2.05) is 5.01 Å². The van der Waals surface area contributed by atoms with Crippen molar-refractivity contribution in [1.29, 1.82) is 0 Å². The number of hydrogen-bond acceptors (Lipinski definition) is 1. The summed E-state index contributed by atoms with van der Waals surface area (Å²) in [6, 6.07) is 0. The number of rotatable bonds is 25. The van der Waals surface area contributed by atoms with Crippen molar-refractivity contribution in [3.63, 3.8) is 0 Å². The van der Waals surface area contributed by atoms with E-state index in [9.17, 15) is 0 Å². The summed E-state index contributed by atoms with van der Waals surface area (Å²) in [5, 5.41) is 4.69. The van der Waals surface area contributed by atoms with Crippen LogP contribution in [0.2, 0.25) is 0 Å². The second-order valence-corrected chi connectivity index (χ2v) is 9.71. The molecule has 0 spiro atoms. The average molecular weight is 426 g/mol. The quantitative estimate of drug-likeness (QED) is 0.115. The molecule has 0 unspecified atom stereocenters. The van der Waals surface area contributed by atoms with Crippen molar-refractivity contribution < 1.29 is 5.01 Å². The van der Waals surface area contributed by atoms with Gasteiger partial charge in [0.05, 0.1) is 13.1 Å². The maximum Gasteiger partial charge on any atom is 0.0947 e. The van der Waals surface area contributed by atoms with Crippen LogP contribution in [0.15, 0.2) is 0 Å². The Labute approximate surface area is 192 Å². The van der Waals surface area contributed by atoms with Crippen LogP contribution in [0.25, 0.3) is 0 Å². The first-order valence-corrected chi connectivity index (χ1v) is 14.4. The molecule has 0 amide bonds. The average Bonchev–Trinajstić information content (AvgIpc) is 2.76. The molecule has 0 heterocycles. The molecule has 2 heteroatoms. The van der Waals surface area contributed by atoms with E-state index >= 15 is 0 Å². The van der Waals surface area contributed by atoms with Crippen molar-refractivity contribution in [1.82, 2.24) is 5.01 Å². The molecule has 0 rings (SSSR count). The molecule has 0 aliphatic carbocycles. The van der Waals surface area contributed by atoms with Gasteiger partial charge in [0.25, 0.3) is 0 Å². The van der Waals surface area contributed by atoms with Gasteiger partial charge in [-0.3, -0.25) is 5.01 Å². The number of unbranched alkanes of at least 4 members (excludes halogenated alkanes) is 16. The fourth-order valence-corrected chi connectivity index (χ4v) is 4.55. The molecule has 0 radical (unpaired) electrons. The van der Waals surface area contributed by atoms with Crippen LogP contribution in [0.3, 0.4) is 0 Å². The van der Waals surface area contributed by atoms with Crippen LogP contribution in [0.1, 0.15) is 156 Å². The van der Waals surface area contributed by atoms with E-state index in [2.05, 4.69) is 32.7 Å². The molecule has 0 saturated heterocycles. The molecule has 0 atom stereocenters. The fourth-order valence-electron chi connectivity index (χ4n) is 4.55. The van der Waals surface area contributed by atoms with Gasteiger partial charge < -0.3 is 0 Å². The summed E-state index contributed by atoms with van der Waals surface area (Å²) in [4.78, 5) is 0. The van der Waals surface area contributed by atoms with Gasteiger partial charge in [-0.2, -0.15) is 5.01 Å². The Morgan fingerprint density at radius 1 is 0.367 bits per heavy atom. The molecular formula is C28H61N2+. The normalized spacial score (nSPS) is 11.8. The summed E-state index contributed by atoms with van der Waals surface area (Å²) in [7, 11) is 0. The molecule has 0 aliphatic rings. The molecule has 0 bridgehead atoms. The molecule has 0 aromatic carbocycles. The van der Waals surface area contributed by atoms with Crippen molar-refractivity contribution in [2.45, 2.75) is 156 Å². The van der Waals surface area contributed by atoms with Crippen molar-refractivity contribution in [3.05, 3.63) is 0 Å². The zero-order valence-electron chi connectivity index (χ0n) is 21.9. The van der Waals surface area contributed by atoms with Gasteiger partial charge >= 0.3 is 0 Å². The zero-order chi connectivity index (χ0) is 22.1. The molecule has 0 fully saturated rings. The van der Waals surface area contributed by atoms with Gasteiger partial charge in [0.2, 0.25) is 0 Å². The van der Waals surface area contributed by atoms with E-state index in [1.165, 1.54) is 155 Å². The highest BCUT2D eigenvalue weighted by molar-refractivity contribution is 4.52. The second kappa shape index (κ2) is 25.2. The van der Waals surface area contributed by atoms with Crippen molar-refractivity contribution >= 4 is 0 Å². The number of hydrogen-bond donors (Lipinski definition) is 1. The SMILES string of the molecule is CCCCCCCC[NH+](CCCCCCCC)N(CCCCCC)CCCCCC. The highest BCUT2D eigenvalue weighted by Gasteiger charge is 2.18. The summed E-state index contributed by atoms with van der Waals surface area (Å²) >= 11 is 0. The Kier molecular flexibility index (Phi) is 25.1. The Hall–Kier alpha value is -0.0800. The minimum absolute atomic E-state index is 1.33. The van der Waals surface area contributed by atoms with Crippen LogP contribution >= 0.6 is 0 Å². The van der Waals surface area contributed by atoms with Crippen LogP contribution in [-0.4, -0.2) is 31.2 Å². The van der Waals surface area contributed by atoms with Crippen LogP contribution in [-0.2, 0) is 0 Å². The van der Waals surface area contributed by atoms with Gasteiger partial charge in [-0.1, -0.05) is 118 Å². The van der Waals surface area contributed by atoms with Gasteiger partial charge in [0.1, 0.15) is 0 Å². The topological polar surface area (TPSA) is 7.68 Å². The Morgan fingerprint density at radius 3 is 1.03 bits per heavy atom. The van der Waals surface area contributed by atoms with Crippen LogP contribution in [0, 0.1) is 0 Å². The van der Waals surface area contributed by atoms with Gasteiger partial charge in [0.15, 0.2) is 0 Å². The minimum Gasteiger partial charge on any atom is -0.255 e. The fraction of sp³-hybridized carbons (Fsp3) is 1.00. The molecule has 0 aliphatic heterocycles. The van der Waals surface area contributed by atoms with Gasteiger partial charge in [-0.25, -0.2) is 0 Å². The highest BCUT2D eigenvalue weighted by Crippen LogP contribution is 2.07. The van der Waals surface area contributed by atoms with Crippen molar-refractivity contribution in [2.75, 3.05) is 26.2 Å². The minimum atomic E-state index is 1.33. The molecule has 0 aromatic heterocycles. The Morgan fingerprint density at radius 2 is 0.667 bits per heavy atom. The first-order chi connectivity index (χ1) is 14.8. The lowest BCUT2D eigenvalue weighted by Crippen LogP contribution is -3.18. The monoisotopic (exact) mass is 425 g/mol. The Bertz CT molecular complexity index is 277. The van der Waals surface area contributed by atoms with Crippen molar-refractivity contribution in [3.8, 4) is 0 Å². The maximum atomic E-state index is 2.86. The summed E-state index contributed by atoms with van der Waals surface area (Å²) < 4.78 is 0. The first-order valence-electron chi connectivity index (χ1n) is 14.4. The molecular weight excluding hydrogens is 364 g/mol. The first kappa shape index (κ1) is 29.9. The third kappa shape index (κ3) is 19.9. The summed E-state index contributed by atoms with van der Waals surface area (Å²) in [5.74, 6) is 0. The molecule has 0 aromatic rings. The zero-order valence-corrected chi connectivity index (χ0v) is 21.9. The maximum absolute atomic E-state index is 2.86. The predicted octanol–water partition coefficient (Wildman–Crippen LogP) is 7.97. The predicted molar refractivity (Wildman–Crippen MR) is 137 cm³/mol. The third-order valence-electron chi connectivity index (χ3n) is 6.65. The molecule has 182 valence electrons.